The molecule has 1 aliphatic heterocycles. The average molecular weight is 342 g/mol. The van der Waals surface area contributed by atoms with Crippen LogP contribution < -0.4 is 14.8 Å². The molecule has 1 N–H and O–H groups in total. The van der Waals surface area contributed by atoms with E-state index in [4.69, 9.17) is 19.0 Å². The Morgan fingerprint density at radius 2 is 1.92 bits per heavy atom. The molecule has 1 aromatic carbocycles. The minimum atomic E-state index is 0.573. The number of rotatable bonds is 5. The molecule has 0 unspecified atom stereocenters. The summed E-state index contributed by atoms with van der Waals surface area (Å²) in [4.78, 5) is 4.83. The molecule has 2 aromatic heterocycles. The third-order valence-electron chi connectivity index (χ3n) is 4.59. The summed E-state index contributed by atoms with van der Waals surface area (Å²) < 4.78 is 19.0. The van der Waals surface area contributed by atoms with Crippen LogP contribution in [0.4, 0.5) is 0 Å². The first kappa shape index (κ1) is 16.0. The Morgan fingerprint density at radius 1 is 1.16 bits per heavy atom. The van der Waals surface area contributed by atoms with Gasteiger partial charge in [0.05, 0.1) is 23.3 Å². The molecule has 7 heteroatoms. The molecule has 7 nitrogen and oxygen atoms in total. The number of likely N-dealkylation sites (N-methyl/N-ethyl adjacent to an activating group) is 1. The van der Waals surface area contributed by atoms with Gasteiger partial charge in [0.15, 0.2) is 11.5 Å². The van der Waals surface area contributed by atoms with Crippen molar-refractivity contribution >= 4 is 11.0 Å². The maximum atomic E-state index is 5.75. The fourth-order valence-electron chi connectivity index (χ4n) is 3.20. The first-order valence-electron chi connectivity index (χ1n) is 8.52. The molecule has 0 saturated carbocycles. The first-order valence-corrected chi connectivity index (χ1v) is 8.52. The van der Waals surface area contributed by atoms with Crippen molar-refractivity contribution in [1.29, 1.82) is 0 Å². The largest absolute Gasteiger partial charge is 0.486 e. The summed E-state index contributed by atoms with van der Waals surface area (Å²) in [6.07, 6.45) is 0.834. The highest BCUT2D eigenvalue weighted by atomic mass is 16.6. The molecule has 0 saturated heterocycles. The summed E-state index contributed by atoms with van der Waals surface area (Å²) in [5.74, 6) is 3.41. The minimum absolute atomic E-state index is 0.573. The van der Waals surface area contributed by atoms with Crippen LogP contribution in [0, 0.1) is 13.8 Å². The molecule has 132 valence electrons. The zero-order valence-electron chi connectivity index (χ0n) is 14.8. The van der Waals surface area contributed by atoms with Crippen molar-refractivity contribution in [2.75, 3.05) is 26.8 Å². The van der Waals surface area contributed by atoms with Gasteiger partial charge in [-0.1, -0.05) is 5.16 Å². The van der Waals surface area contributed by atoms with Crippen LogP contribution in [0.2, 0.25) is 0 Å². The Kier molecular flexibility index (Phi) is 4.09. The Balaban J connectivity index is 1.83. The van der Waals surface area contributed by atoms with Gasteiger partial charge in [0.25, 0.3) is 0 Å². The van der Waals surface area contributed by atoms with Gasteiger partial charge in [0.1, 0.15) is 24.8 Å². The van der Waals surface area contributed by atoms with E-state index in [9.17, 15) is 0 Å². The number of fused-ring (bicyclic) bond motifs is 2. The van der Waals surface area contributed by atoms with Crippen LogP contribution >= 0.6 is 0 Å². The van der Waals surface area contributed by atoms with Crippen molar-refractivity contribution in [2.45, 2.75) is 26.8 Å². The fourth-order valence-corrected chi connectivity index (χ4v) is 3.20. The SMILES string of the molecule is CNCCc1nc2cc3c(cc2n1Cc1c(C)noc1C)OCCO3. The predicted octanol–water partition coefficient (Wildman–Crippen LogP) is 2.22. The van der Waals surface area contributed by atoms with Crippen molar-refractivity contribution < 1.29 is 14.0 Å². The van der Waals surface area contributed by atoms with Gasteiger partial charge in [-0.25, -0.2) is 4.98 Å². The van der Waals surface area contributed by atoms with Crippen LogP contribution in [0.5, 0.6) is 11.5 Å². The normalized spacial score (nSPS) is 13.6. The molecule has 3 aromatic rings. The Labute approximate surface area is 145 Å². The molecule has 0 fully saturated rings. The van der Waals surface area contributed by atoms with Crippen molar-refractivity contribution in [3.8, 4) is 11.5 Å². The molecule has 0 atom stereocenters. The van der Waals surface area contributed by atoms with Gasteiger partial charge in [-0.2, -0.15) is 0 Å². The van der Waals surface area contributed by atoms with E-state index in [-0.39, 0.29) is 0 Å². The van der Waals surface area contributed by atoms with Crippen LogP contribution in [0.15, 0.2) is 16.7 Å². The lowest BCUT2D eigenvalue weighted by atomic mass is 10.2. The van der Waals surface area contributed by atoms with Crippen LogP contribution in [-0.2, 0) is 13.0 Å². The molecular formula is C18H22N4O3. The minimum Gasteiger partial charge on any atom is -0.486 e. The smallest absolute Gasteiger partial charge is 0.163 e. The van der Waals surface area contributed by atoms with E-state index < -0.39 is 0 Å². The number of aryl methyl sites for hydroxylation is 2. The van der Waals surface area contributed by atoms with Gasteiger partial charge in [-0.15, -0.1) is 0 Å². The van der Waals surface area contributed by atoms with Gasteiger partial charge in [-0.3, -0.25) is 0 Å². The van der Waals surface area contributed by atoms with Gasteiger partial charge in [0.2, 0.25) is 0 Å². The van der Waals surface area contributed by atoms with Crippen LogP contribution in [-0.4, -0.2) is 41.5 Å². The molecule has 0 radical (unpaired) electrons. The first-order chi connectivity index (χ1) is 12.2. The van der Waals surface area contributed by atoms with E-state index in [1.54, 1.807) is 0 Å². The van der Waals surface area contributed by atoms with E-state index in [0.717, 1.165) is 58.3 Å². The molecule has 4 rings (SSSR count). The molecule has 0 aliphatic carbocycles. The van der Waals surface area contributed by atoms with Gasteiger partial charge >= 0.3 is 0 Å². The standard InChI is InChI=1S/C18H22N4O3/c1-11-13(12(2)25-21-11)10-22-15-9-17-16(23-6-7-24-17)8-14(15)20-18(22)4-5-19-3/h8-9,19H,4-7,10H2,1-3H3. The zero-order chi connectivity index (χ0) is 17.4. The summed E-state index contributed by atoms with van der Waals surface area (Å²) in [5, 5.41) is 7.26. The molecule has 0 bridgehead atoms. The second kappa shape index (κ2) is 6.40. The average Bonchev–Trinajstić information content (AvgIpc) is 3.12. The zero-order valence-corrected chi connectivity index (χ0v) is 14.8. The van der Waals surface area contributed by atoms with Crippen LogP contribution in [0.25, 0.3) is 11.0 Å². The van der Waals surface area contributed by atoms with Crippen LogP contribution in [0.1, 0.15) is 22.8 Å². The summed E-state index contributed by atoms with van der Waals surface area (Å²) in [6, 6.07) is 3.99. The second-order valence-corrected chi connectivity index (χ2v) is 6.26. The molecule has 3 heterocycles. The highest BCUT2D eigenvalue weighted by Crippen LogP contribution is 2.35. The molecular weight excluding hydrogens is 320 g/mol. The van der Waals surface area contributed by atoms with Crippen LogP contribution in [0.3, 0.4) is 0 Å². The lowest BCUT2D eigenvalue weighted by molar-refractivity contribution is 0.172. The number of hydrogen-bond acceptors (Lipinski definition) is 6. The van der Waals surface area contributed by atoms with Gasteiger partial charge in [-0.05, 0) is 20.9 Å². The van der Waals surface area contributed by atoms with Crippen molar-refractivity contribution in [3.63, 3.8) is 0 Å². The summed E-state index contributed by atoms with van der Waals surface area (Å²) in [6.45, 7) is 6.60. The maximum Gasteiger partial charge on any atom is 0.163 e. The maximum absolute atomic E-state index is 5.75. The Morgan fingerprint density at radius 3 is 2.60 bits per heavy atom. The van der Waals surface area contributed by atoms with E-state index in [2.05, 4.69) is 15.0 Å². The number of benzene rings is 1. The fraction of sp³-hybridized carbons (Fsp3) is 0.444. The highest BCUT2D eigenvalue weighted by molar-refractivity contribution is 5.81. The number of hydrogen-bond donors (Lipinski definition) is 1. The summed E-state index contributed by atoms with van der Waals surface area (Å²) in [7, 11) is 1.95. The second-order valence-electron chi connectivity index (χ2n) is 6.26. The number of nitrogens with one attached hydrogen (secondary N) is 1. The van der Waals surface area contributed by atoms with E-state index in [1.807, 2.05) is 33.0 Å². The summed E-state index contributed by atoms with van der Waals surface area (Å²) in [5.41, 5.74) is 3.97. The molecule has 25 heavy (non-hydrogen) atoms. The van der Waals surface area contributed by atoms with E-state index >= 15 is 0 Å². The predicted molar refractivity (Wildman–Crippen MR) is 93.4 cm³/mol. The number of ether oxygens (including phenoxy) is 2. The molecule has 0 spiro atoms. The van der Waals surface area contributed by atoms with Crippen molar-refractivity contribution in [3.05, 3.63) is 35.0 Å². The number of aromatic nitrogens is 3. The van der Waals surface area contributed by atoms with Crippen molar-refractivity contribution in [1.82, 2.24) is 20.0 Å². The van der Waals surface area contributed by atoms with E-state index in [1.165, 1.54) is 0 Å². The monoisotopic (exact) mass is 342 g/mol. The lowest BCUT2D eigenvalue weighted by Gasteiger charge is -2.18. The number of imidazole rings is 1. The summed E-state index contributed by atoms with van der Waals surface area (Å²) >= 11 is 0. The third kappa shape index (κ3) is 2.84. The topological polar surface area (TPSA) is 74.3 Å². The molecule has 1 aliphatic rings. The highest BCUT2D eigenvalue weighted by Gasteiger charge is 2.20. The Bertz CT molecular complexity index is 893. The van der Waals surface area contributed by atoms with Gasteiger partial charge in [0, 0.05) is 30.7 Å². The van der Waals surface area contributed by atoms with Crippen molar-refractivity contribution in [2.24, 2.45) is 0 Å². The van der Waals surface area contributed by atoms with E-state index in [0.29, 0.717) is 19.8 Å². The lowest BCUT2D eigenvalue weighted by Crippen LogP contribution is -2.16. The Hall–Kier alpha value is -2.54. The third-order valence-corrected chi connectivity index (χ3v) is 4.59. The quantitative estimate of drug-likeness (QED) is 0.766. The van der Waals surface area contributed by atoms with Gasteiger partial charge < -0.3 is 23.9 Å². The number of nitrogens with zero attached hydrogens (tertiary/aromatic N) is 3. The molecule has 0 amide bonds.